The van der Waals surface area contributed by atoms with Crippen LogP contribution in [0.25, 0.3) is 0 Å². The average Bonchev–Trinajstić information content (AvgIpc) is 2.85. The lowest BCUT2D eigenvalue weighted by molar-refractivity contribution is 0.283. The minimum Gasteiger partial charge on any atom is -0.396 e. The summed E-state index contributed by atoms with van der Waals surface area (Å²) >= 11 is 1.81. The maximum atomic E-state index is 8.92. The van der Waals surface area contributed by atoms with E-state index in [1.807, 2.05) is 17.4 Å². The molecule has 0 aliphatic heterocycles. The van der Waals surface area contributed by atoms with Crippen LogP contribution < -0.4 is 5.32 Å². The lowest BCUT2D eigenvalue weighted by atomic mass is 10.0. The highest BCUT2D eigenvalue weighted by Gasteiger charge is 2.15. The van der Waals surface area contributed by atoms with Gasteiger partial charge in [-0.1, -0.05) is 30.3 Å². The Balaban J connectivity index is 2.08. The van der Waals surface area contributed by atoms with Gasteiger partial charge >= 0.3 is 0 Å². The number of rotatable bonds is 7. The first-order valence-corrected chi connectivity index (χ1v) is 7.61. The molecule has 1 aromatic carbocycles. The third kappa shape index (κ3) is 4.16. The summed E-state index contributed by atoms with van der Waals surface area (Å²) in [6, 6.07) is 13.1. The molecule has 1 unspecified atom stereocenters. The minimum atomic E-state index is 0.245. The molecule has 1 atom stereocenters. The van der Waals surface area contributed by atoms with Crippen LogP contribution >= 0.6 is 11.3 Å². The maximum Gasteiger partial charge on any atom is 0.0458 e. The van der Waals surface area contributed by atoms with Gasteiger partial charge in [-0.15, -0.1) is 11.3 Å². The van der Waals surface area contributed by atoms with Gasteiger partial charge in [-0.05, 0) is 48.9 Å². The van der Waals surface area contributed by atoms with Crippen molar-refractivity contribution >= 4 is 11.3 Å². The van der Waals surface area contributed by atoms with Crippen LogP contribution in [0, 0.1) is 6.92 Å². The quantitative estimate of drug-likeness (QED) is 0.760. The Hall–Kier alpha value is -1.16. The molecule has 0 bridgehead atoms. The van der Waals surface area contributed by atoms with Crippen LogP contribution in [0.2, 0.25) is 0 Å². The number of hydrogen-bond donors (Lipinski definition) is 2. The molecule has 0 fully saturated rings. The van der Waals surface area contributed by atoms with Crippen LogP contribution in [0.15, 0.2) is 41.8 Å². The van der Waals surface area contributed by atoms with Gasteiger partial charge in [0.05, 0.1) is 0 Å². The monoisotopic (exact) mass is 275 g/mol. The summed E-state index contributed by atoms with van der Waals surface area (Å²) < 4.78 is 0. The summed E-state index contributed by atoms with van der Waals surface area (Å²) in [5.74, 6) is 0. The van der Waals surface area contributed by atoms with Gasteiger partial charge in [0.15, 0.2) is 0 Å². The van der Waals surface area contributed by atoms with Gasteiger partial charge < -0.3 is 10.4 Å². The van der Waals surface area contributed by atoms with Gasteiger partial charge in [0, 0.05) is 17.5 Å². The van der Waals surface area contributed by atoms with Crippen molar-refractivity contribution in [3.63, 3.8) is 0 Å². The van der Waals surface area contributed by atoms with Crippen LogP contribution in [0.5, 0.6) is 0 Å². The van der Waals surface area contributed by atoms with Crippen molar-refractivity contribution in [3.8, 4) is 0 Å². The SMILES string of the molecule is Cc1ccsc1C(Cc1ccccc1)NCCCO. The molecule has 0 spiro atoms. The Morgan fingerprint density at radius 1 is 1.21 bits per heavy atom. The first kappa shape index (κ1) is 14.3. The molecule has 102 valence electrons. The Bertz CT molecular complexity index is 481. The van der Waals surface area contributed by atoms with Gasteiger partial charge in [-0.3, -0.25) is 0 Å². The molecule has 0 radical (unpaired) electrons. The van der Waals surface area contributed by atoms with E-state index in [0.717, 1.165) is 19.4 Å². The summed E-state index contributed by atoms with van der Waals surface area (Å²) in [6.45, 7) is 3.26. The van der Waals surface area contributed by atoms with E-state index in [-0.39, 0.29) is 6.61 Å². The lowest BCUT2D eigenvalue weighted by Gasteiger charge is -2.18. The molecule has 1 aromatic heterocycles. The number of aryl methyl sites for hydroxylation is 1. The number of aliphatic hydroxyl groups is 1. The van der Waals surface area contributed by atoms with E-state index in [1.165, 1.54) is 16.0 Å². The van der Waals surface area contributed by atoms with Crippen LogP contribution in [-0.2, 0) is 6.42 Å². The second-order valence-corrected chi connectivity index (χ2v) is 5.69. The first-order valence-electron chi connectivity index (χ1n) is 6.73. The molecule has 3 heteroatoms. The molecule has 0 saturated carbocycles. The van der Waals surface area contributed by atoms with Crippen molar-refractivity contribution in [2.75, 3.05) is 13.2 Å². The number of nitrogens with one attached hydrogen (secondary N) is 1. The molecule has 2 aromatic rings. The number of benzene rings is 1. The van der Waals surface area contributed by atoms with Gasteiger partial charge in [0.25, 0.3) is 0 Å². The van der Waals surface area contributed by atoms with Gasteiger partial charge in [0.1, 0.15) is 0 Å². The Morgan fingerprint density at radius 3 is 2.63 bits per heavy atom. The average molecular weight is 275 g/mol. The molecular weight excluding hydrogens is 254 g/mol. The summed E-state index contributed by atoms with van der Waals surface area (Å²) in [6.07, 6.45) is 1.79. The van der Waals surface area contributed by atoms with Crippen molar-refractivity contribution in [3.05, 3.63) is 57.8 Å². The highest BCUT2D eigenvalue weighted by molar-refractivity contribution is 7.10. The lowest BCUT2D eigenvalue weighted by Crippen LogP contribution is -2.24. The predicted octanol–water partition coefficient (Wildman–Crippen LogP) is 3.31. The minimum absolute atomic E-state index is 0.245. The second kappa shape index (κ2) is 7.43. The highest BCUT2D eigenvalue weighted by Crippen LogP contribution is 2.26. The molecule has 0 saturated heterocycles. The highest BCUT2D eigenvalue weighted by atomic mass is 32.1. The zero-order valence-electron chi connectivity index (χ0n) is 11.3. The van der Waals surface area contributed by atoms with E-state index in [4.69, 9.17) is 5.11 Å². The Morgan fingerprint density at radius 2 is 2.00 bits per heavy atom. The van der Waals surface area contributed by atoms with Gasteiger partial charge in [-0.2, -0.15) is 0 Å². The molecule has 0 aliphatic carbocycles. The fraction of sp³-hybridized carbons (Fsp3) is 0.375. The fourth-order valence-electron chi connectivity index (χ4n) is 2.20. The van der Waals surface area contributed by atoms with Crippen LogP contribution in [-0.4, -0.2) is 18.3 Å². The van der Waals surface area contributed by atoms with Gasteiger partial charge in [0.2, 0.25) is 0 Å². The predicted molar refractivity (Wildman–Crippen MR) is 81.6 cm³/mol. The van der Waals surface area contributed by atoms with E-state index in [9.17, 15) is 0 Å². The zero-order valence-corrected chi connectivity index (χ0v) is 12.1. The summed E-state index contributed by atoms with van der Waals surface area (Å²) in [5, 5.41) is 14.6. The van der Waals surface area contributed by atoms with Crippen LogP contribution in [0.1, 0.15) is 28.5 Å². The van der Waals surface area contributed by atoms with E-state index in [1.54, 1.807) is 0 Å². The fourth-order valence-corrected chi connectivity index (χ4v) is 3.21. The van der Waals surface area contributed by atoms with E-state index < -0.39 is 0 Å². The molecule has 1 heterocycles. The third-order valence-corrected chi connectivity index (χ3v) is 4.36. The maximum absolute atomic E-state index is 8.92. The molecule has 2 rings (SSSR count). The molecule has 2 N–H and O–H groups in total. The van der Waals surface area contributed by atoms with E-state index in [2.05, 4.69) is 48.0 Å². The van der Waals surface area contributed by atoms with Crippen molar-refractivity contribution in [1.82, 2.24) is 5.32 Å². The number of hydrogen-bond acceptors (Lipinski definition) is 3. The van der Waals surface area contributed by atoms with E-state index in [0.29, 0.717) is 6.04 Å². The standard InChI is InChI=1S/C16H21NOS/c1-13-8-11-19-16(13)15(17-9-5-10-18)12-14-6-3-2-4-7-14/h2-4,6-8,11,15,17-18H,5,9-10,12H2,1H3. The van der Waals surface area contributed by atoms with Crippen molar-refractivity contribution in [2.45, 2.75) is 25.8 Å². The number of aliphatic hydroxyl groups excluding tert-OH is 1. The Labute approximate surface area is 119 Å². The van der Waals surface area contributed by atoms with Crippen LogP contribution in [0.4, 0.5) is 0 Å². The first-order chi connectivity index (χ1) is 9.31. The summed E-state index contributed by atoms with van der Waals surface area (Å²) in [7, 11) is 0. The number of thiophene rings is 1. The summed E-state index contributed by atoms with van der Waals surface area (Å²) in [4.78, 5) is 1.40. The summed E-state index contributed by atoms with van der Waals surface area (Å²) in [5.41, 5.74) is 2.69. The second-order valence-electron chi connectivity index (χ2n) is 4.74. The van der Waals surface area contributed by atoms with E-state index >= 15 is 0 Å². The normalized spacial score (nSPS) is 12.5. The smallest absolute Gasteiger partial charge is 0.0458 e. The van der Waals surface area contributed by atoms with Gasteiger partial charge in [-0.25, -0.2) is 0 Å². The zero-order chi connectivity index (χ0) is 13.5. The third-order valence-electron chi connectivity index (χ3n) is 3.23. The molecule has 0 amide bonds. The topological polar surface area (TPSA) is 32.3 Å². The Kier molecular flexibility index (Phi) is 5.58. The molecule has 19 heavy (non-hydrogen) atoms. The molecular formula is C16H21NOS. The van der Waals surface area contributed by atoms with Crippen LogP contribution in [0.3, 0.4) is 0 Å². The molecule has 0 aliphatic rings. The van der Waals surface area contributed by atoms with Crippen molar-refractivity contribution in [1.29, 1.82) is 0 Å². The largest absolute Gasteiger partial charge is 0.396 e. The molecule has 2 nitrogen and oxygen atoms in total. The van der Waals surface area contributed by atoms with Crippen molar-refractivity contribution in [2.24, 2.45) is 0 Å². The van der Waals surface area contributed by atoms with Crippen molar-refractivity contribution < 1.29 is 5.11 Å².